The van der Waals surface area contributed by atoms with E-state index in [9.17, 15) is 0 Å². The van der Waals surface area contributed by atoms with Gasteiger partial charge in [-0.2, -0.15) is 4.37 Å². The normalized spacial score (nSPS) is 14.7. The molecule has 0 saturated heterocycles. The lowest BCUT2D eigenvalue weighted by Crippen LogP contribution is -2.02. The fourth-order valence-corrected chi connectivity index (χ4v) is 3.49. The van der Waals surface area contributed by atoms with E-state index in [1.807, 2.05) is 0 Å². The molecule has 0 aliphatic heterocycles. The fourth-order valence-electron chi connectivity index (χ4n) is 2.66. The van der Waals surface area contributed by atoms with Crippen molar-refractivity contribution in [3.63, 3.8) is 0 Å². The van der Waals surface area contributed by atoms with E-state index in [0.717, 1.165) is 12.4 Å². The zero-order valence-electron chi connectivity index (χ0n) is 12.8. The van der Waals surface area contributed by atoms with Gasteiger partial charge in [0.25, 0.3) is 0 Å². The Morgan fingerprint density at radius 2 is 1.75 bits per heavy atom. The maximum Gasteiger partial charge on any atom is 0.142 e. The molecular weight excluding hydrogens is 266 g/mol. The molecule has 0 atom stereocenters. The molecule has 4 heteroatoms. The fraction of sp³-hybridized carbons (Fsp3) is 0.812. The Morgan fingerprint density at radius 1 is 1.10 bits per heavy atom. The number of hydrogen-bond acceptors (Lipinski definition) is 4. The molecular formula is C16H29N3S. The number of hydrogen-bond donors (Lipinski definition) is 2. The van der Waals surface area contributed by atoms with Crippen LogP contribution >= 0.6 is 11.5 Å². The topological polar surface area (TPSA) is 50.9 Å². The molecule has 0 radical (unpaired) electrons. The van der Waals surface area contributed by atoms with E-state index in [1.165, 1.54) is 86.3 Å². The largest absolute Gasteiger partial charge is 0.383 e. The van der Waals surface area contributed by atoms with E-state index in [4.69, 9.17) is 5.73 Å². The van der Waals surface area contributed by atoms with Gasteiger partial charge in [0.2, 0.25) is 0 Å². The predicted molar refractivity (Wildman–Crippen MR) is 89.6 cm³/mol. The number of anilines is 2. The van der Waals surface area contributed by atoms with Gasteiger partial charge >= 0.3 is 0 Å². The number of nitrogen functional groups attached to an aromatic ring is 1. The maximum absolute atomic E-state index is 5.95. The highest BCUT2D eigenvalue weighted by Gasteiger charge is 2.30. The van der Waals surface area contributed by atoms with Crippen molar-refractivity contribution in [3.05, 3.63) is 5.56 Å². The molecule has 1 fully saturated rings. The van der Waals surface area contributed by atoms with Gasteiger partial charge in [-0.15, -0.1) is 0 Å². The summed E-state index contributed by atoms with van der Waals surface area (Å²) in [5, 5.41) is 4.77. The highest BCUT2D eigenvalue weighted by Crippen LogP contribution is 2.47. The summed E-state index contributed by atoms with van der Waals surface area (Å²) in [6, 6.07) is 0. The molecule has 2 rings (SSSR count). The Kier molecular flexibility index (Phi) is 6.64. The van der Waals surface area contributed by atoms with Gasteiger partial charge in [-0.05, 0) is 36.7 Å². The number of rotatable bonds is 11. The first-order valence-corrected chi connectivity index (χ1v) is 9.09. The van der Waals surface area contributed by atoms with E-state index in [2.05, 4.69) is 16.6 Å². The third-order valence-electron chi connectivity index (χ3n) is 4.06. The summed E-state index contributed by atoms with van der Waals surface area (Å²) in [7, 11) is 0. The molecule has 0 unspecified atom stereocenters. The van der Waals surface area contributed by atoms with E-state index in [-0.39, 0.29) is 0 Å². The van der Waals surface area contributed by atoms with Gasteiger partial charge in [0.1, 0.15) is 10.8 Å². The first-order chi connectivity index (χ1) is 9.83. The summed E-state index contributed by atoms with van der Waals surface area (Å²) in [5.41, 5.74) is 7.25. The molecule has 3 N–H and O–H groups in total. The standard InChI is InChI=1S/C16H29N3S/c1-2-3-4-5-6-7-8-9-12-18-16-14(13-10-11-13)15(17)19-20-16/h13,18H,2-12H2,1H3,(H2,17,19). The van der Waals surface area contributed by atoms with E-state index in [1.54, 1.807) is 0 Å². The smallest absolute Gasteiger partial charge is 0.142 e. The predicted octanol–water partition coefficient (Wildman–Crippen LogP) is 5.16. The van der Waals surface area contributed by atoms with Crippen molar-refractivity contribution < 1.29 is 0 Å². The Labute approximate surface area is 127 Å². The van der Waals surface area contributed by atoms with Crippen LogP contribution in [-0.2, 0) is 0 Å². The van der Waals surface area contributed by atoms with Gasteiger partial charge in [-0.1, -0.05) is 51.9 Å². The van der Waals surface area contributed by atoms with Crippen LogP contribution in [-0.4, -0.2) is 10.9 Å². The molecule has 1 aliphatic rings. The third-order valence-corrected chi connectivity index (χ3v) is 4.89. The van der Waals surface area contributed by atoms with Crippen LogP contribution in [0, 0.1) is 0 Å². The average molecular weight is 295 g/mol. The van der Waals surface area contributed by atoms with Crippen LogP contribution in [0.4, 0.5) is 10.8 Å². The molecule has 20 heavy (non-hydrogen) atoms. The summed E-state index contributed by atoms with van der Waals surface area (Å²) in [6.07, 6.45) is 13.5. The molecule has 0 aromatic carbocycles. The van der Waals surface area contributed by atoms with E-state index in [0.29, 0.717) is 5.92 Å². The van der Waals surface area contributed by atoms with Gasteiger partial charge < -0.3 is 11.1 Å². The molecule has 1 saturated carbocycles. The second-order valence-corrected chi connectivity index (χ2v) is 6.76. The van der Waals surface area contributed by atoms with Crippen LogP contribution in [0.15, 0.2) is 0 Å². The lowest BCUT2D eigenvalue weighted by Gasteiger charge is -2.06. The summed E-state index contributed by atoms with van der Waals surface area (Å²) in [5.74, 6) is 1.45. The first kappa shape index (κ1) is 15.6. The van der Waals surface area contributed by atoms with E-state index >= 15 is 0 Å². The molecule has 0 bridgehead atoms. The van der Waals surface area contributed by atoms with Crippen molar-refractivity contribution in [2.75, 3.05) is 17.6 Å². The summed E-state index contributed by atoms with van der Waals surface area (Å²) < 4.78 is 4.29. The van der Waals surface area contributed by atoms with Crippen molar-refractivity contribution in [3.8, 4) is 0 Å². The summed E-state index contributed by atoms with van der Waals surface area (Å²) >= 11 is 1.54. The van der Waals surface area contributed by atoms with Crippen LogP contribution in [0.5, 0.6) is 0 Å². The minimum absolute atomic E-state index is 0.690. The average Bonchev–Trinajstić information content (AvgIpc) is 3.21. The number of unbranched alkanes of at least 4 members (excludes halogenated alkanes) is 7. The third kappa shape index (κ3) is 4.97. The number of nitrogens with two attached hydrogens (primary N) is 1. The zero-order chi connectivity index (χ0) is 14.2. The first-order valence-electron chi connectivity index (χ1n) is 8.31. The van der Waals surface area contributed by atoms with Crippen molar-refractivity contribution in [1.82, 2.24) is 4.37 Å². The monoisotopic (exact) mass is 295 g/mol. The molecule has 0 spiro atoms. The minimum atomic E-state index is 0.690. The number of nitrogens with zero attached hydrogens (tertiary/aromatic N) is 1. The van der Waals surface area contributed by atoms with Crippen molar-refractivity contribution in [1.29, 1.82) is 0 Å². The van der Waals surface area contributed by atoms with Gasteiger partial charge in [-0.25, -0.2) is 0 Å². The SMILES string of the molecule is CCCCCCCCCCNc1snc(N)c1C1CC1. The van der Waals surface area contributed by atoms with Crippen molar-refractivity contribution in [2.24, 2.45) is 0 Å². The lowest BCUT2D eigenvalue weighted by molar-refractivity contribution is 0.581. The van der Waals surface area contributed by atoms with Gasteiger partial charge in [0.15, 0.2) is 0 Å². The Morgan fingerprint density at radius 3 is 2.40 bits per heavy atom. The molecule has 3 nitrogen and oxygen atoms in total. The quantitative estimate of drug-likeness (QED) is 0.555. The summed E-state index contributed by atoms with van der Waals surface area (Å²) in [6.45, 7) is 3.34. The number of nitrogens with one attached hydrogen (secondary N) is 1. The van der Waals surface area contributed by atoms with Crippen molar-refractivity contribution in [2.45, 2.75) is 77.0 Å². The van der Waals surface area contributed by atoms with Crippen LogP contribution in [0.25, 0.3) is 0 Å². The molecule has 1 aliphatic carbocycles. The van der Waals surface area contributed by atoms with Gasteiger partial charge in [-0.3, -0.25) is 0 Å². The van der Waals surface area contributed by atoms with Crippen LogP contribution in [0.2, 0.25) is 0 Å². The van der Waals surface area contributed by atoms with E-state index < -0.39 is 0 Å². The highest BCUT2D eigenvalue weighted by molar-refractivity contribution is 7.10. The molecule has 1 aromatic rings. The Hall–Kier alpha value is -0.770. The second kappa shape index (κ2) is 8.50. The zero-order valence-corrected chi connectivity index (χ0v) is 13.6. The Balaban J connectivity index is 1.53. The molecule has 1 heterocycles. The Bertz CT molecular complexity index is 385. The van der Waals surface area contributed by atoms with Crippen molar-refractivity contribution >= 4 is 22.4 Å². The van der Waals surface area contributed by atoms with Crippen LogP contribution < -0.4 is 11.1 Å². The van der Waals surface area contributed by atoms with Crippen LogP contribution in [0.1, 0.15) is 82.6 Å². The molecule has 1 aromatic heterocycles. The molecule has 0 amide bonds. The minimum Gasteiger partial charge on any atom is -0.383 e. The highest BCUT2D eigenvalue weighted by atomic mass is 32.1. The van der Waals surface area contributed by atoms with Gasteiger partial charge in [0.05, 0.1) is 0 Å². The second-order valence-electron chi connectivity index (χ2n) is 5.99. The molecule has 114 valence electrons. The summed E-state index contributed by atoms with van der Waals surface area (Å²) in [4.78, 5) is 0. The maximum atomic E-state index is 5.95. The van der Waals surface area contributed by atoms with Crippen LogP contribution in [0.3, 0.4) is 0 Å². The number of aromatic nitrogens is 1. The lowest BCUT2D eigenvalue weighted by atomic mass is 10.1. The van der Waals surface area contributed by atoms with Gasteiger partial charge in [0, 0.05) is 12.1 Å².